The van der Waals surface area contributed by atoms with Gasteiger partial charge >= 0.3 is 0 Å². The van der Waals surface area contributed by atoms with E-state index in [2.05, 4.69) is 5.32 Å². The molecule has 0 unspecified atom stereocenters. The number of rotatable bonds is 6. The molecule has 1 aliphatic rings. The van der Waals surface area contributed by atoms with Crippen LogP contribution in [0.5, 0.6) is 0 Å². The number of aryl methyl sites for hydroxylation is 1. The number of carbonyl (C=O) groups is 1. The summed E-state index contributed by atoms with van der Waals surface area (Å²) < 4.78 is 32.9. The molecule has 27 heavy (non-hydrogen) atoms. The van der Waals surface area contributed by atoms with Crippen molar-refractivity contribution in [2.24, 2.45) is 0 Å². The van der Waals surface area contributed by atoms with E-state index in [1.807, 2.05) is 37.3 Å². The topological polar surface area (TPSA) is 75.7 Å². The number of nitrogens with zero attached hydrogens (tertiary/aromatic N) is 1. The Bertz CT molecular complexity index is 927. The molecule has 2 aromatic carbocycles. The fraction of sp³-hybridized carbons (Fsp3) is 0.350. The zero-order chi connectivity index (χ0) is 19.4. The van der Waals surface area contributed by atoms with Gasteiger partial charge in [-0.05, 0) is 42.2 Å². The maximum atomic E-state index is 13.3. The molecule has 2 aromatic rings. The number of fused-ring (bicyclic) bond motifs is 1. The Labute approximate surface area is 160 Å². The number of hydrogen-bond donors (Lipinski definition) is 1. The molecule has 3 rings (SSSR count). The van der Waals surface area contributed by atoms with Crippen molar-refractivity contribution in [2.45, 2.75) is 30.8 Å². The average Bonchev–Trinajstić information content (AvgIpc) is 2.67. The van der Waals surface area contributed by atoms with Gasteiger partial charge in [-0.2, -0.15) is 4.31 Å². The van der Waals surface area contributed by atoms with Crippen LogP contribution in [0.2, 0.25) is 0 Å². The molecular weight excluding hydrogens is 364 g/mol. The lowest BCUT2D eigenvalue weighted by Gasteiger charge is -2.35. The van der Waals surface area contributed by atoms with Gasteiger partial charge in [-0.1, -0.05) is 36.4 Å². The molecule has 0 radical (unpaired) electrons. The summed E-state index contributed by atoms with van der Waals surface area (Å²) in [5, 5.41) is 2.78. The van der Waals surface area contributed by atoms with Crippen LogP contribution in [-0.4, -0.2) is 44.9 Å². The zero-order valence-electron chi connectivity index (χ0n) is 15.5. The monoisotopic (exact) mass is 388 g/mol. The summed E-state index contributed by atoms with van der Waals surface area (Å²) in [5.74, 6) is -0.308. The van der Waals surface area contributed by atoms with Crippen molar-refractivity contribution in [2.75, 3.05) is 20.3 Å². The van der Waals surface area contributed by atoms with Crippen molar-refractivity contribution < 1.29 is 17.9 Å². The van der Waals surface area contributed by atoms with Crippen LogP contribution in [0.15, 0.2) is 53.4 Å². The van der Waals surface area contributed by atoms with Gasteiger partial charge in [0.05, 0.1) is 11.5 Å². The maximum absolute atomic E-state index is 13.3. The molecule has 0 spiro atoms. The highest BCUT2D eigenvalue weighted by atomic mass is 32.2. The Balaban J connectivity index is 1.97. The Morgan fingerprint density at radius 2 is 1.93 bits per heavy atom. The lowest BCUT2D eigenvalue weighted by atomic mass is 9.95. The first-order valence-corrected chi connectivity index (χ1v) is 10.3. The van der Waals surface area contributed by atoms with Crippen LogP contribution in [0.3, 0.4) is 0 Å². The largest absolute Gasteiger partial charge is 0.383 e. The Morgan fingerprint density at radius 1 is 1.19 bits per heavy atom. The summed E-state index contributed by atoms with van der Waals surface area (Å²) in [6.45, 7) is 2.74. The average molecular weight is 388 g/mol. The van der Waals surface area contributed by atoms with Crippen molar-refractivity contribution >= 4 is 15.9 Å². The Kier molecular flexibility index (Phi) is 5.94. The molecule has 6 nitrogen and oxygen atoms in total. The van der Waals surface area contributed by atoms with Gasteiger partial charge < -0.3 is 10.1 Å². The van der Waals surface area contributed by atoms with Crippen LogP contribution in [0, 0.1) is 6.92 Å². The third kappa shape index (κ3) is 4.21. The summed E-state index contributed by atoms with van der Waals surface area (Å²) in [4.78, 5) is 13.0. The fourth-order valence-corrected chi connectivity index (χ4v) is 4.95. The maximum Gasteiger partial charge on any atom is 0.244 e. The highest BCUT2D eigenvalue weighted by Crippen LogP contribution is 2.29. The normalized spacial score (nSPS) is 17.3. The number of sulfonamides is 1. The van der Waals surface area contributed by atoms with Gasteiger partial charge in [0.15, 0.2) is 0 Å². The van der Waals surface area contributed by atoms with E-state index in [1.165, 1.54) is 4.31 Å². The van der Waals surface area contributed by atoms with Gasteiger partial charge in [0.25, 0.3) is 0 Å². The molecule has 1 amide bonds. The van der Waals surface area contributed by atoms with Crippen LogP contribution in [0.1, 0.15) is 16.7 Å². The number of ether oxygens (including phenoxy) is 1. The van der Waals surface area contributed by atoms with E-state index in [0.29, 0.717) is 19.6 Å². The first-order chi connectivity index (χ1) is 12.9. The fourth-order valence-electron chi connectivity index (χ4n) is 3.28. The second kappa shape index (κ2) is 8.21. The summed E-state index contributed by atoms with van der Waals surface area (Å²) >= 11 is 0. The summed E-state index contributed by atoms with van der Waals surface area (Å²) in [6, 6.07) is 13.6. The quantitative estimate of drug-likeness (QED) is 0.767. The standard InChI is InChI=1S/C20H24N2O4S/c1-15-6-5-9-18(12-15)27(24,25)22-14-17-8-4-3-7-16(17)13-19(22)20(23)21-10-11-26-2/h3-9,12,19H,10-11,13-14H2,1-2H3,(H,21,23)/t19-/m1/s1. The molecule has 144 valence electrons. The predicted molar refractivity (Wildman–Crippen MR) is 103 cm³/mol. The first kappa shape index (κ1) is 19.5. The molecule has 1 N–H and O–H groups in total. The van der Waals surface area contributed by atoms with E-state index in [9.17, 15) is 13.2 Å². The van der Waals surface area contributed by atoms with E-state index < -0.39 is 16.1 Å². The summed E-state index contributed by atoms with van der Waals surface area (Å²) in [5.41, 5.74) is 2.78. The van der Waals surface area contributed by atoms with Crippen LogP contribution < -0.4 is 5.32 Å². The number of amides is 1. The third-order valence-corrected chi connectivity index (χ3v) is 6.56. The van der Waals surface area contributed by atoms with Crippen molar-refractivity contribution in [1.29, 1.82) is 0 Å². The van der Waals surface area contributed by atoms with E-state index in [-0.39, 0.29) is 17.3 Å². The highest BCUT2D eigenvalue weighted by molar-refractivity contribution is 7.89. The van der Waals surface area contributed by atoms with Crippen LogP contribution in [0.4, 0.5) is 0 Å². The predicted octanol–water partition coefficient (Wildman–Crippen LogP) is 1.87. The molecule has 7 heteroatoms. The van der Waals surface area contributed by atoms with Crippen LogP contribution >= 0.6 is 0 Å². The molecular formula is C20H24N2O4S. The molecule has 0 aliphatic carbocycles. The number of hydrogen-bond acceptors (Lipinski definition) is 4. The van der Waals surface area contributed by atoms with Gasteiger partial charge in [-0.15, -0.1) is 0 Å². The van der Waals surface area contributed by atoms with E-state index in [4.69, 9.17) is 4.74 Å². The third-order valence-electron chi connectivity index (χ3n) is 4.71. The molecule has 0 aromatic heterocycles. The van der Waals surface area contributed by atoms with Gasteiger partial charge in [0, 0.05) is 20.2 Å². The van der Waals surface area contributed by atoms with Gasteiger partial charge in [-0.3, -0.25) is 4.79 Å². The minimum absolute atomic E-state index is 0.175. The molecule has 1 heterocycles. The van der Waals surface area contributed by atoms with Crippen molar-refractivity contribution in [3.8, 4) is 0 Å². The van der Waals surface area contributed by atoms with Crippen molar-refractivity contribution in [1.82, 2.24) is 9.62 Å². The van der Waals surface area contributed by atoms with Gasteiger partial charge in [0.2, 0.25) is 15.9 Å². The van der Waals surface area contributed by atoms with Crippen molar-refractivity contribution in [3.05, 3.63) is 65.2 Å². The van der Waals surface area contributed by atoms with Crippen LogP contribution in [0.25, 0.3) is 0 Å². The molecule has 0 saturated heterocycles. The van der Waals surface area contributed by atoms with Crippen molar-refractivity contribution in [3.63, 3.8) is 0 Å². The van der Waals surface area contributed by atoms with E-state index in [1.54, 1.807) is 25.3 Å². The molecule has 0 fully saturated rings. The number of carbonyl (C=O) groups excluding carboxylic acids is 1. The second-order valence-electron chi connectivity index (χ2n) is 6.64. The number of benzene rings is 2. The zero-order valence-corrected chi connectivity index (χ0v) is 16.3. The Hall–Kier alpha value is -2.22. The number of nitrogens with one attached hydrogen (secondary N) is 1. The lowest BCUT2D eigenvalue weighted by molar-refractivity contribution is -0.125. The number of methoxy groups -OCH3 is 1. The van der Waals surface area contributed by atoms with Gasteiger partial charge in [-0.25, -0.2) is 8.42 Å². The minimum Gasteiger partial charge on any atom is -0.383 e. The Morgan fingerprint density at radius 3 is 2.63 bits per heavy atom. The van der Waals surface area contributed by atoms with E-state index >= 15 is 0 Å². The van der Waals surface area contributed by atoms with E-state index in [0.717, 1.165) is 16.7 Å². The molecule has 1 atom stereocenters. The second-order valence-corrected chi connectivity index (χ2v) is 8.53. The summed E-state index contributed by atoms with van der Waals surface area (Å²) in [6.07, 6.45) is 0.347. The lowest BCUT2D eigenvalue weighted by Crippen LogP contribution is -2.52. The molecule has 1 aliphatic heterocycles. The summed E-state index contributed by atoms with van der Waals surface area (Å²) in [7, 11) is -2.26. The van der Waals surface area contributed by atoms with Gasteiger partial charge in [0.1, 0.15) is 6.04 Å². The molecule has 0 bridgehead atoms. The first-order valence-electron chi connectivity index (χ1n) is 8.85. The smallest absolute Gasteiger partial charge is 0.244 e. The SMILES string of the molecule is COCCNC(=O)[C@H]1Cc2ccccc2CN1S(=O)(=O)c1cccc(C)c1. The highest BCUT2D eigenvalue weighted by Gasteiger charge is 2.39. The van der Waals surface area contributed by atoms with Crippen LogP contribution in [-0.2, 0) is 32.5 Å². The molecule has 0 saturated carbocycles. The minimum atomic E-state index is -3.81.